The molecule has 0 bridgehead atoms. The van der Waals surface area contributed by atoms with Gasteiger partial charge in [0.1, 0.15) is 5.82 Å². The van der Waals surface area contributed by atoms with E-state index in [2.05, 4.69) is 5.32 Å². The largest absolute Gasteiger partial charge is 0.414 e. The van der Waals surface area contributed by atoms with E-state index in [9.17, 15) is 17.6 Å². The van der Waals surface area contributed by atoms with Gasteiger partial charge in [-0.2, -0.15) is 13.2 Å². The molecule has 0 aliphatic carbocycles. The van der Waals surface area contributed by atoms with Crippen LogP contribution in [0.25, 0.3) is 0 Å². The van der Waals surface area contributed by atoms with E-state index >= 15 is 0 Å². The molecular weight excluding hydrogens is 262 g/mol. The first-order chi connectivity index (χ1) is 8.86. The molecule has 108 valence electrons. The first kappa shape index (κ1) is 15.9. The third kappa shape index (κ3) is 4.80. The summed E-state index contributed by atoms with van der Waals surface area (Å²) in [5, 5.41) is 2.87. The van der Waals surface area contributed by atoms with Gasteiger partial charge in [-0.1, -0.05) is 25.1 Å². The number of nitrogens with one attached hydrogen (secondary N) is 1. The summed E-state index contributed by atoms with van der Waals surface area (Å²) in [6.07, 6.45) is -7.39. The first-order valence-electron chi connectivity index (χ1n) is 6.03. The SMILES string of the molecule is CCNCC(OC(C)C(F)(F)F)c1ccccc1F. The summed E-state index contributed by atoms with van der Waals surface area (Å²) in [5.74, 6) is -0.570. The average molecular weight is 279 g/mol. The molecule has 0 aliphatic heterocycles. The molecule has 0 spiro atoms. The third-order valence-electron chi connectivity index (χ3n) is 2.66. The van der Waals surface area contributed by atoms with Crippen LogP contribution >= 0.6 is 0 Å². The minimum Gasteiger partial charge on any atom is -0.360 e. The Hall–Kier alpha value is -1.14. The number of hydrogen-bond acceptors (Lipinski definition) is 2. The molecule has 1 N–H and O–H groups in total. The predicted octanol–water partition coefficient (Wildman–Crippen LogP) is 3.44. The van der Waals surface area contributed by atoms with E-state index in [1.165, 1.54) is 18.2 Å². The van der Waals surface area contributed by atoms with Crippen molar-refractivity contribution in [2.45, 2.75) is 32.2 Å². The molecule has 1 aromatic rings. The Morgan fingerprint density at radius 3 is 2.42 bits per heavy atom. The van der Waals surface area contributed by atoms with Gasteiger partial charge in [0.2, 0.25) is 0 Å². The zero-order chi connectivity index (χ0) is 14.5. The Morgan fingerprint density at radius 1 is 1.26 bits per heavy atom. The standard InChI is InChI=1S/C13H17F4NO/c1-3-18-8-12(19-9(2)13(15,16)17)10-6-4-5-7-11(10)14/h4-7,9,12,18H,3,8H2,1-2H3. The van der Waals surface area contributed by atoms with Crippen LogP contribution in [0.2, 0.25) is 0 Å². The van der Waals surface area contributed by atoms with E-state index < -0.39 is 24.2 Å². The predicted molar refractivity (Wildman–Crippen MR) is 64.3 cm³/mol. The van der Waals surface area contributed by atoms with Gasteiger partial charge in [0, 0.05) is 12.1 Å². The highest BCUT2D eigenvalue weighted by Gasteiger charge is 2.39. The maximum Gasteiger partial charge on any atom is 0.414 e. The van der Waals surface area contributed by atoms with Gasteiger partial charge >= 0.3 is 6.18 Å². The van der Waals surface area contributed by atoms with Crippen LogP contribution in [0.1, 0.15) is 25.5 Å². The van der Waals surface area contributed by atoms with Gasteiger partial charge in [-0.05, 0) is 19.5 Å². The van der Waals surface area contributed by atoms with E-state index in [-0.39, 0.29) is 12.1 Å². The molecule has 1 aromatic carbocycles. The second-order valence-corrected chi connectivity index (χ2v) is 4.14. The summed E-state index contributed by atoms with van der Waals surface area (Å²) < 4.78 is 56.1. The second kappa shape index (κ2) is 6.86. The maximum atomic E-state index is 13.6. The Bertz CT molecular complexity index is 394. The van der Waals surface area contributed by atoms with Crippen LogP contribution in [0.5, 0.6) is 0 Å². The van der Waals surface area contributed by atoms with Crippen molar-refractivity contribution in [1.29, 1.82) is 0 Å². The quantitative estimate of drug-likeness (QED) is 0.805. The highest BCUT2D eigenvalue weighted by molar-refractivity contribution is 5.20. The minimum absolute atomic E-state index is 0.123. The molecule has 0 heterocycles. The highest BCUT2D eigenvalue weighted by Crippen LogP contribution is 2.29. The van der Waals surface area contributed by atoms with Gasteiger partial charge in [0.15, 0.2) is 6.10 Å². The number of rotatable bonds is 6. The molecule has 0 saturated heterocycles. The zero-order valence-corrected chi connectivity index (χ0v) is 10.8. The first-order valence-corrected chi connectivity index (χ1v) is 6.03. The lowest BCUT2D eigenvalue weighted by molar-refractivity contribution is -0.227. The molecule has 19 heavy (non-hydrogen) atoms. The number of benzene rings is 1. The lowest BCUT2D eigenvalue weighted by atomic mass is 10.1. The summed E-state index contributed by atoms with van der Waals surface area (Å²) in [7, 11) is 0. The van der Waals surface area contributed by atoms with Crippen molar-refractivity contribution < 1.29 is 22.3 Å². The highest BCUT2D eigenvalue weighted by atomic mass is 19.4. The number of hydrogen-bond donors (Lipinski definition) is 1. The molecule has 0 radical (unpaired) electrons. The smallest absolute Gasteiger partial charge is 0.360 e. The fourth-order valence-electron chi connectivity index (χ4n) is 1.57. The van der Waals surface area contributed by atoms with Crippen LogP contribution in [0.3, 0.4) is 0 Å². The van der Waals surface area contributed by atoms with Crippen molar-refractivity contribution in [3.05, 3.63) is 35.6 Å². The Labute approximate surface area is 109 Å². The monoisotopic (exact) mass is 279 g/mol. The Morgan fingerprint density at radius 2 is 1.89 bits per heavy atom. The van der Waals surface area contributed by atoms with Gasteiger partial charge in [-0.3, -0.25) is 0 Å². The molecule has 1 rings (SSSR count). The molecule has 2 atom stereocenters. The van der Waals surface area contributed by atoms with E-state index in [0.717, 1.165) is 6.92 Å². The van der Waals surface area contributed by atoms with Gasteiger partial charge in [0.25, 0.3) is 0 Å². The normalized spacial score (nSPS) is 15.3. The van der Waals surface area contributed by atoms with E-state index in [0.29, 0.717) is 6.54 Å². The van der Waals surface area contributed by atoms with Crippen molar-refractivity contribution in [3.8, 4) is 0 Å². The molecular formula is C13H17F4NO. The van der Waals surface area contributed by atoms with Crippen LogP contribution in [-0.4, -0.2) is 25.4 Å². The molecule has 0 amide bonds. The molecule has 0 saturated carbocycles. The van der Waals surface area contributed by atoms with Gasteiger partial charge in [-0.15, -0.1) is 0 Å². The zero-order valence-electron chi connectivity index (χ0n) is 10.8. The van der Waals surface area contributed by atoms with Crippen molar-refractivity contribution in [3.63, 3.8) is 0 Å². The lowest BCUT2D eigenvalue weighted by Gasteiger charge is -2.25. The van der Waals surface area contributed by atoms with Gasteiger partial charge in [0.05, 0.1) is 6.10 Å². The van der Waals surface area contributed by atoms with Crippen molar-refractivity contribution in [1.82, 2.24) is 5.32 Å². The Balaban J connectivity index is 2.86. The number of alkyl halides is 3. The molecule has 0 aliphatic rings. The van der Waals surface area contributed by atoms with E-state index in [4.69, 9.17) is 4.74 Å². The Kier molecular flexibility index (Phi) is 5.75. The summed E-state index contributed by atoms with van der Waals surface area (Å²) in [4.78, 5) is 0. The number of ether oxygens (including phenoxy) is 1. The summed E-state index contributed by atoms with van der Waals surface area (Å²) in [5.41, 5.74) is 0.125. The van der Waals surface area contributed by atoms with Crippen molar-refractivity contribution in [2.24, 2.45) is 0 Å². The van der Waals surface area contributed by atoms with Crippen LogP contribution < -0.4 is 5.32 Å². The number of halogens is 4. The van der Waals surface area contributed by atoms with Crippen LogP contribution in [-0.2, 0) is 4.74 Å². The second-order valence-electron chi connectivity index (χ2n) is 4.14. The molecule has 0 aromatic heterocycles. The fraction of sp³-hybridized carbons (Fsp3) is 0.538. The van der Waals surface area contributed by atoms with Crippen LogP contribution in [0.4, 0.5) is 17.6 Å². The minimum atomic E-state index is -4.46. The summed E-state index contributed by atoms with van der Waals surface area (Å²) >= 11 is 0. The molecule has 2 unspecified atom stereocenters. The summed E-state index contributed by atoms with van der Waals surface area (Å²) in [6, 6.07) is 5.69. The molecule has 6 heteroatoms. The van der Waals surface area contributed by atoms with Crippen LogP contribution in [0.15, 0.2) is 24.3 Å². The average Bonchev–Trinajstić information content (AvgIpc) is 2.34. The van der Waals surface area contributed by atoms with Crippen molar-refractivity contribution >= 4 is 0 Å². The molecule has 2 nitrogen and oxygen atoms in total. The fourth-order valence-corrected chi connectivity index (χ4v) is 1.57. The summed E-state index contributed by atoms with van der Waals surface area (Å²) in [6.45, 7) is 3.41. The van der Waals surface area contributed by atoms with Gasteiger partial charge < -0.3 is 10.1 Å². The van der Waals surface area contributed by atoms with Crippen molar-refractivity contribution in [2.75, 3.05) is 13.1 Å². The number of likely N-dealkylation sites (N-methyl/N-ethyl adjacent to an activating group) is 1. The topological polar surface area (TPSA) is 21.3 Å². The third-order valence-corrected chi connectivity index (χ3v) is 2.66. The van der Waals surface area contributed by atoms with E-state index in [1.807, 2.05) is 6.92 Å². The van der Waals surface area contributed by atoms with E-state index in [1.54, 1.807) is 6.07 Å². The van der Waals surface area contributed by atoms with Gasteiger partial charge in [-0.25, -0.2) is 4.39 Å². The molecule has 0 fully saturated rings. The maximum absolute atomic E-state index is 13.6. The van der Waals surface area contributed by atoms with Crippen LogP contribution in [0, 0.1) is 5.82 Å². The lowest BCUT2D eigenvalue weighted by Crippen LogP contribution is -2.33.